The minimum atomic E-state index is -1.09. The Bertz CT molecular complexity index is 529. The maximum atomic E-state index is 12.9. The summed E-state index contributed by atoms with van der Waals surface area (Å²) in [5.74, 6) is -2.12. The van der Waals surface area contributed by atoms with Crippen LogP contribution in [0.1, 0.15) is 18.4 Å². The molecule has 0 saturated heterocycles. The predicted molar refractivity (Wildman–Crippen MR) is 82.6 cm³/mol. The van der Waals surface area contributed by atoms with E-state index in [-0.39, 0.29) is 24.2 Å². The van der Waals surface area contributed by atoms with Crippen LogP contribution in [-0.2, 0) is 16.1 Å². The van der Waals surface area contributed by atoms with Crippen molar-refractivity contribution < 1.29 is 19.1 Å². The molecule has 1 aromatic rings. The van der Waals surface area contributed by atoms with Crippen molar-refractivity contribution in [2.24, 2.45) is 5.92 Å². The fourth-order valence-electron chi connectivity index (χ4n) is 2.14. The number of carbonyl (C=O) groups excluding carboxylic acids is 1. The highest BCUT2D eigenvalue weighted by atomic mass is 19.1. The van der Waals surface area contributed by atoms with Gasteiger partial charge in [-0.3, -0.25) is 9.59 Å². The summed E-state index contributed by atoms with van der Waals surface area (Å²) in [6, 6.07) is 5.63. The maximum absolute atomic E-state index is 12.9. The summed E-state index contributed by atoms with van der Waals surface area (Å²) in [4.78, 5) is 24.8. The van der Waals surface area contributed by atoms with E-state index in [1.165, 1.54) is 29.2 Å². The number of hydrogen-bond donors (Lipinski definition) is 1. The highest BCUT2D eigenvalue weighted by molar-refractivity contribution is 5.83. The molecule has 1 aromatic carbocycles. The fraction of sp³-hybridized carbons (Fsp3) is 0.294. The minimum Gasteiger partial charge on any atom is -0.480 e. The Morgan fingerprint density at radius 2 is 1.73 bits per heavy atom. The number of allylic oxidation sites excluding steroid dienone is 2. The Hall–Kier alpha value is -2.43. The fourth-order valence-corrected chi connectivity index (χ4v) is 2.14. The van der Waals surface area contributed by atoms with Gasteiger partial charge in [0.25, 0.3) is 0 Å². The molecule has 0 aromatic heterocycles. The van der Waals surface area contributed by atoms with Crippen LogP contribution in [0.2, 0.25) is 0 Å². The average molecular weight is 305 g/mol. The van der Waals surface area contributed by atoms with Gasteiger partial charge in [0.05, 0.1) is 0 Å². The van der Waals surface area contributed by atoms with Crippen molar-refractivity contribution in [3.05, 3.63) is 61.0 Å². The number of carbonyl (C=O) groups is 2. The topological polar surface area (TPSA) is 57.6 Å². The van der Waals surface area contributed by atoms with E-state index in [2.05, 4.69) is 13.2 Å². The van der Waals surface area contributed by atoms with Crippen LogP contribution in [0.15, 0.2) is 49.6 Å². The lowest BCUT2D eigenvalue weighted by Gasteiger charge is -2.25. The zero-order valence-electron chi connectivity index (χ0n) is 12.4. The van der Waals surface area contributed by atoms with Gasteiger partial charge < -0.3 is 10.0 Å². The maximum Gasteiger partial charge on any atom is 0.323 e. The summed E-state index contributed by atoms with van der Waals surface area (Å²) < 4.78 is 12.9. The molecule has 0 heterocycles. The molecule has 0 saturated carbocycles. The summed E-state index contributed by atoms with van der Waals surface area (Å²) in [5.41, 5.74) is 0.673. The average Bonchev–Trinajstić information content (AvgIpc) is 2.47. The van der Waals surface area contributed by atoms with Gasteiger partial charge in [-0.15, -0.1) is 13.2 Å². The van der Waals surface area contributed by atoms with Crippen molar-refractivity contribution in [1.82, 2.24) is 4.90 Å². The summed E-state index contributed by atoms with van der Waals surface area (Å²) in [7, 11) is 0. The zero-order valence-corrected chi connectivity index (χ0v) is 12.4. The lowest BCUT2D eigenvalue weighted by Crippen LogP contribution is -2.39. The van der Waals surface area contributed by atoms with Crippen LogP contribution in [0.3, 0.4) is 0 Å². The predicted octanol–water partition coefficient (Wildman–Crippen LogP) is 3.01. The van der Waals surface area contributed by atoms with Gasteiger partial charge in [-0.1, -0.05) is 24.3 Å². The molecule has 1 rings (SSSR count). The molecule has 0 aliphatic rings. The lowest BCUT2D eigenvalue weighted by molar-refractivity contribution is -0.146. The zero-order chi connectivity index (χ0) is 16.5. The summed E-state index contributed by atoms with van der Waals surface area (Å²) in [6.45, 7) is 6.95. The molecule has 1 N–H and O–H groups in total. The van der Waals surface area contributed by atoms with Crippen LogP contribution in [0.5, 0.6) is 0 Å². The minimum absolute atomic E-state index is 0.121. The molecular formula is C17H20FNO3. The van der Waals surface area contributed by atoms with Crippen molar-refractivity contribution in [3.8, 4) is 0 Å². The first-order valence-electron chi connectivity index (χ1n) is 6.94. The van der Waals surface area contributed by atoms with Crippen molar-refractivity contribution in [2.75, 3.05) is 6.54 Å². The number of hydrogen-bond acceptors (Lipinski definition) is 2. The Balaban J connectivity index is 2.92. The third-order valence-electron chi connectivity index (χ3n) is 3.18. The van der Waals surface area contributed by atoms with Gasteiger partial charge in [0.15, 0.2) is 0 Å². The molecule has 0 unspecified atom stereocenters. The molecule has 0 bridgehead atoms. The van der Waals surface area contributed by atoms with Gasteiger partial charge in [0, 0.05) is 12.5 Å². The monoisotopic (exact) mass is 305 g/mol. The molecule has 1 amide bonds. The lowest BCUT2D eigenvalue weighted by atomic mass is 9.99. The third kappa shape index (κ3) is 5.52. The summed E-state index contributed by atoms with van der Waals surface area (Å²) >= 11 is 0. The van der Waals surface area contributed by atoms with Crippen molar-refractivity contribution in [1.29, 1.82) is 0 Å². The van der Waals surface area contributed by atoms with Crippen molar-refractivity contribution in [3.63, 3.8) is 0 Å². The molecule has 22 heavy (non-hydrogen) atoms. The number of amides is 1. The highest BCUT2D eigenvalue weighted by Gasteiger charge is 2.24. The quantitative estimate of drug-likeness (QED) is 0.714. The van der Waals surface area contributed by atoms with Gasteiger partial charge in [-0.2, -0.15) is 0 Å². The largest absolute Gasteiger partial charge is 0.480 e. The standard InChI is InChI=1S/C17H20FNO3/c1-3-5-14(6-4-2)17(22)19(12-16(20)21)11-13-7-9-15(18)10-8-13/h3-4,7-10,14H,1-2,5-6,11-12H2,(H,20,21). The molecule has 0 aliphatic carbocycles. The van der Waals surface area contributed by atoms with Crippen LogP contribution in [0.25, 0.3) is 0 Å². The van der Waals surface area contributed by atoms with Crippen molar-refractivity contribution >= 4 is 11.9 Å². The molecule has 0 aliphatic heterocycles. The number of halogens is 1. The van der Waals surface area contributed by atoms with Gasteiger partial charge in [0.2, 0.25) is 5.91 Å². The van der Waals surface area contributed by atoms with Crippen molar-refractivity contribution in [2.45, 2.75) is 19.4 Å². The van der Waals surface area contributed by atoms with E-state index in [1.54, 1.807) is 12.2 Å². The Kier molecular flexibility index (Phi) is 7.02. The number of rotatable bonds is 9. The highest BCUT2D eigenvalue weighted by Crippen LogP contribution is 2.16. The van der Waals surface area contributed by atoms with Gasteiger partial charge >= 0.3 is 5.97 Å². The second-order valence-corrected chi connectivity index (χ2v) is 4.96. The molecule has 0 radical (unpaired) electrons. The second-order valence-electron chi connectivity index (χ2n) is 4.96. The number of carboxylic acids is 1. The number of carboxylic acid groups (broad SMARTS) is 1. The van der Waals surface area contributed by atoms with E-state index in [4.69, 9.17) is 5.11 Å². The first kappa shape index (κ1) is 17.6. The van der Waals surface area contributed by atoms with E-state index in [0.29, 0.717) is 18.4 Å². The van der Waals surface area contributed by atoms with E-state index < -0.39 is 12.5 Å². The normalized spacial score (nSPS) is 10.3. The van der Waals surface area contributed by atoms with Crippen LogP contribution >= 0.6 is 0 Å². The van der Waals surface area contributed by atoms with E-state index in [0.717, 1.165) is 0 Å². The van der Waals surface area contributed by atoms with E-state index in [9.17, 15) is 14.0 Å². The van der Waals surface area contributed by atoms with Crippen LogP contribution < -0.4 is 0 Å². The summed E-state index contributed by atoms with van der Waals surface area (Å²) in [6.07, 6.45) is 4.15. The molecule has 0 spiro atoms. The Morgan fingerprint density at radius 1 is 1.18 bits per heavy atom. The van der Waals surface area contributed by atoms with Gasteiger partial charge in [-0.25, -0.2) is 4.39 Å². The van der Waals surface area contributed by atoms with Crippen LogP contribution in [0.4, 0.5) is 4.39 Å². The van der Waals surface area contributed by atoms with Gasteiger partial charge in [0.1, 0.15) is 12.4 Å². The number of aliphatic carboxylic acids is 1. The molecular weight excluding hydrogens is 285 g/mol. The van der Waals surface area contributed by atoms with Crippen LogP contribution in [0, 0.1) is 11.7 Å². The van der Waals surface area contributed by atoms with E-state index in [1.807, 2.05) is 0 Å². The number of benzene rings is 1. The van der Waals surface area contributed by atoms with E-state index >= 15 is 0 Å². The molecule has 0 fully saturated rings. The summed E-state index contributed by atoms with van der Waals surface area (Å²) in [5, 5.41) is 9.00. The molecule has 5 heteroatoms. The molecule has 0 atom stereocenters. The SMILES string of the molecule is C=CCC(CC=C)C(=O)N(CC(=O)O)Cc1ccc(F)cc1. The Morgan fingerprint density at radius 3 is 2.18 bits per heavy atom. The molecule has 118 valence electrons. The van der Waals surface area contributed by atoms with Crippen LogP contribution in [-0.4, -0.2) is 28.4 Å². The van der Waals surface area contributed by atoms with Gasteiger partial charge in [-0.05, 0) is 30.5 Å². The third-order valence-corrected chi connectivity index (χ3v) is 3.18. The second kappa shape index (κ2) is 8.77. The molecule has 4 nitrogen and oxygen atoms in total. The first-order chi connectivity index (χ1) is 10.5. The smallest absolute Gasteiger partial charge is 0.323 e. The first-order valence-corrected chi connectivity index (χ1v) is 6.94. The Labute approximate surface area is 129 Å². The number of nitrogens with zero attached hydrogens (tertiary/aromatic N) is 1.